The van der Waals surface area contributed by atoms with Gasteiger partial charge < -0.3 is 9.80 Å². The molecule has 0 N–H and O–H groups in total. The van der Waals surface area contributed by atoms with Gasteiger partial charge in [0.15, 0.2) is 0 Å². The number of carbonyl (C=O) groups is 1. The molecule has 2 fully saturated rings. The molecule has 1 aromatic rings. The minimum Gasteiger partial charge on any atom is -0.339 e. The molecule has 2 saturated heterocycles. The van der Waals surface area contributed by atoms with Crippen LogP contribution in [-0.2, 0) is 10.0 Å². The van der Waals surface area contributed by atoms with E-state index in [1.807, 2.05) is 0 Å². The van der Waals surface area contributed by atoms with Crippen molar-refractivity contribution in [1.82, 2.24) is 14.1 Å². The molecule has 0 aliphatic carbocycles. The Morgan fingerprint density at radius 1 is 1.08 bits per heavy atom. The summed E-state index contributed by atoms with van der Waals surface area (Å²) in [4.78, 5) is 16.7. The molecular formula is C17H24ClN3O3S. The van der Waals surface area contributed by atoms with Crippen molar-refractivity contribution in [2.45, 2.75) is 24.7 Å². The molecule has 0 radical (unpaired) electrons. The van der Waals surface area contributed by atoms with Crippen LogP contribution in [0, 0.1) is 0 Å². The maximum atomic E-state index is 12.9. The molecule has 138 valence electrons. The number of amides is 1. The summed E-state index contributed by atoms with van der Waals surface area (Å²) in [7, 11) is -3.61. The maximum Gasteiger partial charge on any atom is 0.255 e. The lowest BCUT2D eigenvalue weighted by molar-refractivity contribution is 0.0792. The molecule has 8 heteroatoms. The summed E-state index contributed by atoms with van der Waals surface area (Å²) >= 11 is 6.18. The fraction of sp³-hybridized carbons (Fsp3) is 0.588. The van der Waals surface area contributed by atoms with Gasteiger partial charge in [-0.05, 0) is 37.6 Å². The number of likely N-dealkylation sites (N-methyl/N-ethyl adjacent to an activating group) is 1. The molecule has 0 atom stereocenters. The van der Waals surface area contributed by atoms with Crippen LogP contribution in [0.5, 0.6) is 0 Å². The molecule has 0 bridgehead atoms. The van der Waals surface area contributed by atoms with Crippen molar-refractivity contribution in [3.8, 4) is 0 Å². The molecule has 0 saturated carbocycles. The highest BCUT2D eigenvalue weighted by Crippen LogP contribution is 2.26. The van der Waals surface area contributed by atoms with Crippen molar-refractivity contribution in [3.63, 3.8) is 0 Å². The van der Waals surface area contributed by atoms with Gasteiger partial charge in [-0.2, -0.15) is 4.31 Å². The van der Waals surface area contributed by atoms with E-state index in [9.17, 15) is 13.2 Å². The lowest BCUT2D eigenvalue weighted by Gasteiger charge is -2.33. The molecule has 2 aliphatic heterocycles. The van der Waals surface area contributed by atoms with E-state index in [1.165, 1.54) is 22.5 Å². The van der Waals surface area contributed by atoms with Gasteiger partial charge in [-0.1, -0.05) is 18.5 Å². The summed E-state index contributed by atoms with van der Waals surface area (Å²) in [5.74, 6) is -0.185. The lowest BCUT2D eigenvalue weighted by Crippen LogP contribution is -2.48. The van der Waals surface area contributed by atoms with Gasteiger partial charge in [0, 0.05) is 39.3 Å². The Morgan fingerprint density at radius 3 is 2.32 bits per heavy atom. The Labute approximate surface area is 154 Å². The predicted molar refractivity (Wildman–Crippen MR) is 97.5 cm³/mol. The van der Waals surface area contributed by atoms with Crippen LogP contribution < -0.4 is 0 Å². The molecule has 6 nitrogen and oxygen atoms in total. The topological polar surface area (TPSA) is 60.9 Å². The Balaban J connectivity index is 1.84. The van der Waals surface area contributed by atoms with E-state index < -0.39 is 10.0 Å². The minimum absolute atomic E-state index is 0.143. The zero-order valence-corrected chi connectivity index (χ0v) is 16.0. The van der Waals surface area contributed by atoms with Crippen LogP contribution in [0.1, 0.15) is 30.1 Å². The lowest BCUT2D eigenvalue weighted by atomic mass is 10.2. The van der Waals surface area contributed by atoms with Crippen molar-refractivity contribution in [2.75, 3.05) is 45.8 Å². The first-order valence-corrected chi connectivity index (χ1v) is 10.6. The van der Waals surface area contributed by atoms with Crippen molar-refractivity contribution in [1.29, 1.82) is 0 Å². The van der Waals surface area contributed by atoms with Crippen LogP contribution in [0.2, 0.25) is 5.02 Å². The fourth-order valence-corrected chi connectivity index (χ4v) is 5.00. The molecule has 0 unspecified atom stereocenters. The summed E-state index contributed by atoms with van der Waals surface area (Å²) in [5.41, 5.74) is 0.275. The monoisotopic (exact) mass is 385 g/mol. The number of sulfonamides is 1. The smallest absolute Gasteiger partial charge is 0.255 e. The zero-order valence-electron chi connectivity index (χ0n) is 14.4. The van der Waals surface area contributed by atoms with Gasteiger partial charge in [0.25, 0.3) is 5.91 Å². The highest BCUT2D eigenvalue weighted by Gasteiger charge is 2.30. The molecule has 0 aromatic heterocycles. The Morgan fingerprint density at radius 2 is 1.72 bits per heavy atom. The Hall–Kier alpha value is -1.15. The molecule has 0 spiro atoms. The standard InChI is InChI=1S/C17H24ClN3O3S/c1-2-19-9-11-21(12-10-19)25(23,24)14-5-6-16(18)15(13-14)17(22)20-7-3-4-8-20/h5-6,13H,2-4,7-12H2,1H3. The molecular weight excluding hydrogens is 362 g/mol. The van der Waals surface area contributed by atoms with Gasteiger partial charge >= 0.3 is 0 Å². The van der Waals surface area contributed by atoms with Crippen molar-refractivity contribution in [3.05, 3.63) is 28.8 Å². The summed E-state index contributed by atoms with van der Waals surface area (Å²) in [5, 5.41) is 0.298. The molecule has 1 aromatic carbocycles. The SMILES string of the molecule is CCN1CCN(S(=O)(=O)c2ccc(Cl)c(C(=O)N3CCCC3)c2)CC1. The van der Waals surface area contributed by atoms with Crippen LogP contribution in [0.4, 0.5) is 0 Å². The highest BCUT2D eigenvalue weighted by molar-refractivity contribution is 7.89. The van der Waals surface area contributed by atoms with E-state index >= 15 is 0 Å². The molecule has 2 heterocycles. The molecule has 3 rings (SSSR count). The number of benzene rings is 1. The van der Waals surface area contributed by atoms with E-state index in [-0.39, 0.29) is 16.4 Å². The number of carbonyl (C=O) groups excluding carboxylic acids is 1. The van der Waals surface area contributed by atoms with Gasteiger partial charge in [0.1, 0.15) is 0 Å². The van der Waals surface area contributed by atoms with E-state index in [2.05, 4.69) is 11.8 Å². The van der Waals surface area contributed by atoms with Crippen LogP contribution in [-0.4, -0.2) is 74.2 Å². The summed E-state index contributed by atoms with van der Waals surface area (Å²) in [6.07, 6.45) is 1.95. The maximum absolute atomic E-state index is 12.9. The summed E-state index contributed by atoms with van der Waals surface area (Å²) < 4.78 is 27.4. The van der Waals surface area contributed by atoms with E-state index in [4.69, 9.17) is 11.6 Å². The second-order valence-corrected chi connectivity index (χ2v) is 8.82. The number of piperazine rings is 1. The van der Waals surface area contributed by atoms with Crippen LogP contribution >= 0.6 is 11.6 Å². The number of nitrogens with zero attached hydrogens (tertiary/aromatic N) is 3. The largest absolute Gasteiger partial charge is 0.339 e. The average Bonchev–Trinajstić information content (AvgIpc) is 3.16. The number of halogens is 1. The first-order valence-electron chi connectivity index (χ1n) is 8.75. The first kappa shape index (κ1) is 18.6. The molecule has 1 amide bonds. The summed E-state index contributed by atoms with van der Waals surface area (Å²) in [6.45, 7) is 6.77. The van der Waals surface area contributed by atoms with Gasteiger partial charge in [0.05, 0.1) is 15.5 Å². The predicted octanol–water partition coefficient (Wildman–Crippen LogP) is 1.90. The van der Waals surface area contributed by atoms with Crippen LogP contribution in [0.25, 0.3) is 0 Å². The highest BCUT2D eigenvalue weighted by atomic mass is 35.5. The third kappa shape index (κ3) is 3.84. The van der Waals surface area contributed by atoms with Crippen molar-refractivity contribution in [2.24, 2.45) is 0 Å². The normalized spacial score (nSPS) is 20.2. The van der Waals surface area contributed by atoms with Crippen molar-refractivity contribution >= 4 is 27.5 Å². The first-order chi connectivity index (χ1) is 11.9. The number of hydrogen-bond acceptors (Lipinski definition) is 4. The Kier molecular flexibility index (Phi) is 5.68. The third-order valence-electron chi connectivity index (χ3n) is 4.98. The third-order valence-corrected chi connectivity index (χ3v) is 7.20. The van der Waals surface area contributed by atoms with E-state index in [0.29, 0.717) is 31.2 Å². The number of likely N-dealkylation sites (tertiary alicyclic amines) is 1. The van der Waals surface area contributed by atoms with E-state index in [1.54, 1.807) is 4.90 Å². The molecule has 2 aliphatic rings. The second kappa shape index (κ2) is 7.61. The fourth-order valence-electron chi connectivity index (χ4n) is 3.35. The van der Waals surface area contributed by atoms with Gasteiger partial charge in [-0.15, -0.1) is 0 Å². The van der Waals surface area contributed by atoms with Gasteiger partial charge in [0.2, 0.25) is 10.0 Å². The molecule has 25 heavy (non-hydrogen) atoms. The van der Waals surface area contributed by atoms with Crippen LogP contribution in [0.3, 0.4) is 0 Å². The Bertz CT molecular complexity index is 740. The number of rotatable bonds is 4. The average molecular weight is 386 g/mol. The quantitative estimate of drug-likeness (QED) is 0.794. The van der Waals surface area contributed by atoms with Crippen molar-refractivity contribution < 1.29 is 13.2 Å². The summed E-state index contributed by atoms with van der Waals surface area (Å²) in [6, 6.07) is 4.44. The van der Waals surface area contributed by atoms with Crippen LogP contribution in [0.15, 0.2) is 23.1 Å². The van der Waals surface area contributed by atoms with Gasteiger partial charge in [-0.3, -0.25) is 4.79 Å². The second-order valence-electron chi connectivity index (χ2n) is 6.48. The van der Waals surface area contributed by atoms with Gasteiger partial charge in [-0.25, -0.2) is 8.42 Å². The number of hydrogen-bond donors (Lipinski definition) is 0. The minimum atomic E-state index is -3.61. The van der Waals surface area contributed by atoms with E-state index in [0.717, 1.165) is 32.5 Å². The zero-order chi connectivity index (χ0) is 18.0.